The van der Waals surface area contributed by atoms with Crippen LogP contribution < -0.4 is 10.7 Å². The highest BCUT2D eigenvalue weighted by Crippen LogP contribution is 2.07. The van der Waals surface area contributed by atoms with Crippen molar-refractivity contribution >= 4 is 45.6 Å². The molecule has 2 N–H and O–H groups in total. The van der Waals surface area contributed by atoms with Crippen LogP contribution in [0.3, 0.4) is 0 Å². The molecule has 6 heteroatoms. The quantitative estimate of drug-likeness (QED) is 0.351. The molecule has 0 aliphatic heterocycles. The van der Waals surface area contributed by atoms with E-state index >= 15 is 0 Å². The van der Waals surface area contributed by atoms with E-state index in [9.17, 15) is 0 Å². The summed E-state index contributed by atoms with van der Waals surface area (Å²) in [7, 11) is 1.66. The molecular formula is C13H18IN3OS. The molecule has 0 saturated heterocycles. The summed E-state index contributed by atoms with van der Waals surface area (Å²) in [6.07, 6.45) is 0. The number of benzene rings is 1. The van der Waals surface area contributed by atoms with Crippen LogP contribution in [-0.4, -0.2) is 30.6 Å². The van der Waals surface area contributed by atoms with Crippen LogP contribution >= 0.6 is 34.8 Å². The Kier molecular flexibility index (Phi) is 7.25. The van der Waals surface area contributed by atoms with Gasteiger partial charge in [-0.2, -0.15) is 5.10 Å². The van der Waals surface area contributed by atoms with Gasteiger partial charge in [-0.25, -0.2) is 0 Å². The number of nitrogens with one attached hydrogen (secondary N) is 2. The molecule has 1 aromatic carbocycles. The maximum Gasteiger partial charge on any atom is 0.187 e. The van der Waals surface area contributed by atoms with Crippen LogP contribution in [0.15, 0.2) is 29.4 Å². The molecule has 0 aliphatic rings. The maximum atomic E-state index is 5.15. The second-order valence-electron chi connectivity index (χ2n) is 4.15. The highest BCUT2D eigenvalue weighted by atomic mass is 127. The van der Waals surface area contributed by atoms with Gasteiger partial charge >= 0.3 is 0 Å². The summed E-state index contributed by atoms with van der Waals surface area (Å²) in [5.41, 5.74) is 4.79. The summed E-state index contributed by atoms with van der Waals surface area (Å²) < 4.78 is 6.23. The van der Waals surface area contributed by atoms with Crippen molar-refractivity contribution in [1.82, 2.24) is 10.7 Å². The van der Waals surface area contributed by atoms with E-state index in [0.29, 0.717) is 11.7 Å². The van der Waals surface area contributed by atoms with Gasteiger partial charge in [0, 0.05) is 16.7 Å². The lowest BCUT2D eigenvalue weighted by Crippen LogP contribution is -2.40. The van der Waals surface area contributed by atoms with Gasteiger partial charge in [-0.1, -0.05) is 12.1 Å². The van der Waals surface area contributed by atoms with E-state index in [-0.39, 0.29) is 6.04 Å². The summed E-state index contributed by atoms with van der Waals surface area (Å²) in [4.78, 5) is 0. The predicted octanol–water partition coefficient (Wildman–Crippen LogP) is 2.51. The van der Waals surface area contributed by atoms with Gasteiger partial charge in [-0.3, -0.25) is 5.43 Å². The molecule has 0 heterocycles. The van der Waals surface area contributed by atoms with Gasteiger partial charge in [0.2, 0.25) is 0 Å². The monoisotopic (exact) mass is 391 g/mol. The molecule has 0 amide bonds. The fourth-order valence-corrected chi connectivity index (χ4v) is 2.04. The lowest BCUT2D eigenvalue weighted by molar-refractivity contribution is 0.179. The van der Waals surface area contributed by atoms with Crippen molar-refractivity contribution in [2.24, 2.45) is 5.10 Å². The third kappa shape index (κ3) is 6.31. The molecule has 1 aromatic rings. The SMILES string of the molecule is COC[C@H](C)NC(=S)N/N=C(/C)c1ccc(I)cc1. The number of methoxy groups -OCH3 is 1. The first-order valence-corrected chi connectivity index (χ1v) is 7.37. The molecule has 0 saturated carbocycles. The summed E-state index contributed by atoms with van der Waals surface area (Å²) >= 11 is 7.42. The van der Waals surface area contributed by atoms with Crippen LogP contribution in [0.2, 0.25) is 0 Å². The van der Waals surface area contributed by atoms with Gasteiger partial charge in [-0.15, -0.1) is 0 Å². The molecule has 1 atom stereocenters. The zero-order valence-corrected chi connectivity index (χ0v) is 14.2. The fourth-order valence-electron chi connectivity index (χ4n) is 1.44. The summed E-state index contributed by atoms with van der Waals surface area (Å²) in [6, 6.07) is 8.32. The Morgan fingerprint density at radius 2 is 2.05 bits per heavy atom. The maximum absolute atomic E-state index is 5.15. The number of halogens is 1. The van der Waals surface area contributed by atoms with Crippen molar-refractivity contribution in [3.8, 4) is 0 Å². The van der Waals surface area contributed by atoms with Gasteiger partial charge in [0.05, 0.1) is 12.3 Å². The minimum absolute atomic E-state index is 0.152. The van der Waals surface area contributed by atoms with E-state index in [1.807, 2.05) is 38.1 Å². The topological polar surface area (TPSA) is 45.6 Å². The molecule has 0 bridgehead atoms. The number of ether oxygens (including phenoxy) is 1. The van der Waals surface area contributed by atoms with Crippen molar-refractivity contribution in [2.45, 2.75) is 19.9 Å². The fraction of sp³-hybridized carbons (Fsp3) is 0.385. The van der Waals surface area contributed by atoms with Gasteiger partial charge in [0.15, 0.2) is 5.11 Å². The molecule has 0 aromatic heterocycles. The van der Waals surface area contributed by atoms with E-state index < -0.39 is 0 Å². The van der Waals surface area contributed by atoms with Crippen molar-refractivity contribution in [3.05, 3.63) is 33.4 Å². The third-order valence-corrected chi connectivity index (χ3v) is 3.31. The zero-order valence-electron chi connectivity index (χ0n) is 11.2. The lowest BCUT2D eigenvalue weighted by Gasteiger charge is -2.14. The normalized spacial score (nSPS) is 12.9. The first-order valence-electron chi connectivity index (χ1n) is 5.88. The second-order valence-corrected chi connectivity index (χ2v) is 5.80. The highest BCUT2D eigenvalue weighted by Gasteiger charge is 2.03. The van der Waals surface area contributed by atoms with Crippen LogP contribution in [0.4, 0.5) is 0 Å². The van der Waals surface area contributed by atoms with Crippen LogP contribution in [-0.2, 0) is 4.74 Å². The minimum atomic E-state index is 0.152. The number of rotatable bonds is 5. The number of thiocarbonyl (C=S) groups is 1. The summed E-state index contributed by atoms with van der Waals surface area (Å²) in [5, 5.41) is 7.84. The molecule has 1 rings (SSSR count). The molecule has 0 radical (unpaired) electrons. The smallest absolute Gasteiger partial charge is 0.187 e. The standard InChI is InChI=1S/C13H18IN3OS/c1-9(8-18-3)15-13(19)17-16-10(2)11-4-6-12(14)7-5-11/h4-7,9H,8H2,1-3H3,(H2,15,17,19)/b16-10-/t9-/m0/s1. The van der Waals surface area contributed by atoms with Crippen molar-refractivity contribution < 1.29 is 4.74 Å². The predicted molar refractivity (Wildman–Crippen MR) is 91.6 cm³/mol. The van der Waals surface area contributed by atoms with Crippen molar-refractivity contribution in [3.63, 3.8) is 0 Å². The Balaban J connectivity index is 2.51. The first-order chi connectivity index (χ1) is 9.02. The Labute approximate surface area is 133 Å². The molecule has 0 aliphatic carbocycles. The van der Waals surface area contributed by atoms with Crippen molar-refractivity contribution in [1.29, 1.82) is 0 Å². The van der Waals surface area contributed by atoms with Gasteiger partial charge in [0.25, 0.3) is 0 Å². The van der Waals surface area contributed by atoms with E-state index in [2.05, 4.69) is 38.4 Å². The number of hydrazone groups is 1. The van der Waals surface area contributed by atoms with E-state index in [4.69, 9.17) is 17.0 Å². The van der Waals surface area contributed by atoms with E-state index in [0.717, 1.165) is 11.3 Å². The summed E-state index contributed by atoms with van der Waals surface area (Å²) in [6.45, 7) is 4.53. The minimum Gasteiger partial charge on any atom is -0.383 e. The zero-order chi connectivity index (χ0) is 14.3. The largest absolute Gasteiger partial charge is 0.383 e. The van der Waals surface area contributed by atoms with E-state index in [1.54, 1.807) is 7.11 Å². The molecule has 0 spiro atoms. The Bertz CT molecular complexity index is 448. The number of nitrogens with zero attached hydrogens (tertiary/aromatic N) is 1. The van der Waals surface area contributed by atoms with Crippen LogP contribution in [0, 0.1) is 3.57 Å². The third-order valence-electron chi connectivity index (χ3n) is 2.38. The second kappa shape index (κ2) is 8.44. The summed E-state index contributed by atoms with van der Waals surface area (Å²) in [5.74, 6) is 0. The van der Waals surface area contributed by atoms with Gasteiger partial charge < -0.3 is 10.1 Å². The van der Waals surface area contributed by atoms with Crippen molar-refractivity contribution in [2.75, 3.05) is 13.7 Å². The molecule has 0 fully saturated rings. The van der Waals surface area contributed by atoms with Gasteiger partial charge in [-0.05, 0) is 66.4 Å². The molecule has 0 unspecified atom stereocenters. The molecule has 19 heavy (non-hydrogen) atoms. The molecular weight excluding hydrogens is 373 g/mol. The Hall–Kier alpha value is -0.730. The highest BCUT2D eigenvalue weighted by molar-refractivity contribution is 14.1. The average molecular weight is 391 g/mol. The number of hydrogen-bond donors (Lipinski definition) is 2. The molecule has 104 valence electrons. The van der Waals surface area contributed by atoms with Gasteiger partial charge in [0.1, 0.15) is 0 Å². The van der Waals surface area contributed by atoms with Crippen LogP contribution in [0.1, 0.15) is 19.4 Å². The average Bonchev–Trinajstić information content (AvgIpc) is 2.37. The number of hydrogen-bond acceptors (Lipinski definition) is 3. The molecule has 4 nitrogen and oxygen atoms in total. The lowest BCUT2D eigenvalue weighted by atomic mass is 10.1. The van der Waals surface area contributed by atoms with Crippen LogP contribution in [0.5, 0.6) is 0 Å². The first kappa shape index (κ1) is 16.3. The Morgan fingerprint density at radius 3 is 2.63 bits per heavy atom. The van der Waals surface area contributed by atoms with E-state index in [1.165, 1.54) is 3.57 Å². The Morgan fingerprint density at radius 1 is 1.42 bits per heavy atom. The van der Waals surface area contributed by atoms with Crippen LogP contribution in [0.25, 0.3) is 0 Å².